The molecule has 2 heterocycles. The molecule has 3 rings (SSSR count). The Balaban J connectivity index is 1.53. The summed E-state index contributed by atoms with van der Waals surface area (Å²) in [4.78, 5) is 21.8. The summed E-state index contributed by atoms with van der Waals surface area (Å²) in [6.45, 7) is 8.47. The second kappa shape index (κ2) is 6.87. The highest BCUT2D eigenvalue weighted by atomic mass is 32.1. The van der Waals surface area contributed by atoms with Gasteiger partial charge in [-0.2, -0.15) is 0 Å². The number of carbonyl (C=O) groups is 1. The number of rotatable bonds is 3. The van der Waals surface area contributed by atoms with E-state index in [0.29, 0.717) is 0 Å². The monoisotopic (exact) mass is 336 g/mol. The molecule has 2 aliphatic rings. The van der Waals surface area contributed by atoms with Crippen molar-refractivity contribution in [3.05, 3.63) is 16.1 Å². The Labute approximate surface area is 142 Å². The number of carbonyl (C=O) groups excluding carboxylic acids is 1. The Morgan fingerprint density at radius 2 is 2.13 bits per heavy atom. The number of nitrogens with zero attached hydrogens (tertiary/aromatic N) is 3. The summed E-state index contributed by atoms with van der Waals surface area (Å²) in [5.74, 6) is 0.280. The van der Waals surface area contributed by atoms with Crippen molar-refractivity contribution in [1.29, 1.82) is 0 Å². The van der Waals surface area contributed by atoms with Gasteiger partial charge in [0.05, 0.1) is 16.6 Å². The molecular formula is C17H28N4OS. The molecule has 2 unspecified atom stereocenters. The van der Waals surface area contributed by atoms with Crippen LogP contribution in [0.25, 0.3) is 0 Å². The van der Waals surface area contributed by atoms with Crippen LogP contribution in [0.3, 0.4) is 0 Å². The fraction of sp³-hybridized carbons (Fsp3) is 0.765. The minimum Gasteiger partial charge on any atom is -0.340 e. The van der Waals surface area contributed by atoms with Gasteiger partial charge in [-0.1, -0.05) is 12.8 Å². The van der Waals surface area contributed by atoms with Crippen LogP contribution in [0, 0.1) is 12.8 Å². The second-order valence-electron chi connectivity index (χ2n) is 7.26. The van der Waals surface area contributed by atoms with E-state index in [0.717, 1.165) is 69.1 Å². The van der Waals surface area contributed by atoms with Crippen molar-refractivity contribution in [2.45, 2.75) is 51.6 Å². The average molecular weight is 337 g/mol. The molecule has 2 fully saturated rings. The second-order valence-corrected chi connectivity index (χ2v) is 8.33. The first-order valence-corrected chi connectivity index (χ1v) is 9.55. The van der Waals surface area contributed by atoms with Gasteiger partial charge < -0.3 is 10.6 Å². The number of piperazine rings is 1. The lowest BCUT2D eigenvalue weighted by Gasteiger charge is -2.42. The number of aromatic nitrogens is 1. The molecule has 5 nitrogen and oxygen atoms in total. The Morgan fingerprint density at radius 3 is 2.74 bits per heavy atom. The minimum atomic E-state index is -0.329. The van der Waals surface area contributed by atoms with Crippen molar-refractivity contribution in [2.75, 3.05) is 26.2 Å². The SMILES string of the molecule is Cc1nc(CN2CCN(C(=O)C3CCCCC3(C)N)CC2)cs1. The molecule has 0 aromatic carbocycles. The molecule has 1 amide bonds. The Morgan fingerprint density at radius 1 is 1.39 bits per heavy atom. The van der Waals surface area contributed by atoms with Crippen LogP contribution in [-0.2, 0) is 11.3 Å². The summed E-state index contributed by atoms with van der Waals surface area (Å²) in [6, 6.07) is 0. The molecule has 1 aromatic heterocycles. The van der Waals surface area contributed by atoms with E-state index < -0.39 is 0 Å². The maximum Gasteiger partial charge on any atom is 0.227 e. The molecule has 1 aliphatic carbocycles. The van der Waals surface area contributed by atoms with E-state index in [2.05, 4.69) is 22.2 Å². The smallest absolute Gasteiger partial charge is 0.227 e. The highest BCUT2D eigenvalue weighted by Gasteiger charge is 2.40. The van der Waals surface area contributed by atoms with E-state index in [1.54, 1.807) is 11.3 Å². The van der Waals surface area contributed by atoms with Crippen LogP contribution < -0.4 is 5.73 Å². The van der Waals surface area contributed by atoms with Gasteiger partial charge in [0.15, 0.2) is 0 Å². The highest BCUT2D eigenvalue weighted by molar-refractivity contribution is 7.09. The van der Waals surface area contributed by atoms with E-state index in [-0.39, 0.29) is 17.4 Å². The van der Waals surface area contributed by atoms with Crippen LogP contribution >= 0.6 is 11.3 Å². The molecule has 0 spiro atoms. The molecular weight excluding hydrogens is 308 g/mol. The normalized spacial score (nSPS) is 29.7. The predicted octanol–water partition coefficient (Wildman–Crippen LogP) is 2.00. The summed E-state index contributed by atoms with van der Waals surface area (Å²) in [6.07, 6.45) is 4.20. The van der Waals surface area contributed by atoms with Crippen LogP contribution in [0.15, 0.2) is 5.38 Å². The van der Waals surface area contributed by atoms with Crippen LogP contribution in [-0.4, -0.2) is 52.4 Å². The molecule has 0 radical (unpaired) electrons. The zero-order chi connectivity index (χ0) is 16.4. The lowest BCUT2D eigenvalue weighted by molar-refractivity contribution is -0.140. The van der Waals surface area contributed by atoms with Gasteiger partial charge in [0, 0.05) is 43.6 Å². The van der Waals surface area contributed by atoms with Crippen molar-refractivity contribution in [1.82, 2.24) is 14.8 Å². The molecule has 6 heteroatoms. The Hall–Kier alpha value is -0.980. The third-order valence-electron chi connectivity index (χ3n) is 5.29. The lowest BCUT2D eigenvalue weighted by atomic mass is 9.74. The largest absolute Gasteiger partial charge is 0.340 e. The van der Waals surface area contributed by atoms with Gasteiger partial charge in [-0.05, 0) is 26.7 Å². The van der Waals surface area contributed by atoms with Gasteiger partial charge in [-0.3, -0.25) is 9.69 Å². The van der Waals surface area contributed by atoms with Crippen molar-refractivity contribution in [2.24, 2.45) is 11.7 Å². The maximum absolute atomic E-state index is 12.9. The lowest BCUT2D eigenvalue weighted by Crippen LogP contribution is -2.57. The summed E-state index contributed by atoms with van der Waals surface area (Å²) in [5, 5.41) is 3.25. The number of thiazole rings is 1. The topological polar surface area (TPSA) is 62.5 Å². The van der Waals surface area contributed by atoms with Gasteiger partial charge in [0.2, 0.25) is 5.91 Å². The van der Waals surface area contributed by atoms with E-state index in [9.17, 15) is 4.79 Å². The van der Waals surface area contributed by atoms with Crippen LogP contribution in [0.2, 0.25) is 0 Å². The standard InChI is InChI=1S/C17H28N4OS/c1-13-19-14(12-23-13)11-20-7-9-21(10-8-20)16(22)15-5-3-4-6-17(15,2)18/h12,15H,3-11,18H2,1-2H3. The molecule has 1 saturated heterocycles. The fourth-order valence-electron chi connectivity index (χ4n) is 3.82. The van der Waals surface area contributed by atoms with E-state index in [1.807, 2.05) is 11.8 Å². The zero-order valence-electron chi connectivity index (χ0n) is 14.3. The summed E-state index contributed by atoms with van der Waals surface area (Å²) < 4.78 is 0. The molecule has 1 saturated carbocycles. The Kier molecular flexibility index (Phi) is 5.04. The van der Waals surface area contributed by atoms with Crippen molar-refractivity contribution in [3.63, 3.8) is 0 Å². The number of nitrogens with two attached hydrogens (primary N) is 1. The van der Waals surface area contributed by atoms with E-state index >= 15 is 0 Å². The molecule has 2 atom stereocenters. The number of amides is 1. The van der Waals surface area contributed by atoms with Crippen molar-refractivity contribution in [3.8, 4) is 0 Å². The molecule has 0 bridgehead atoms. The summed E-state index contributed by atoms with van der Waals surface area (Å²) >= 11 is 1.70. The highest BCUT2D eigenvalue weighted by Crippen LogP contribution is 2.33. The molecule has 1 aromatic rings. The quantitative estimate of drug-likeness (QED) is 0.917. The third-order valence-corrected chi connectivity index (χ3v) is 6.11. The van der Waals surface area contributed by atoms with Gasteiger partial charge in [-0.15, -0.1) is 11.3 Å². The fourth-order valence-corrected chi connectivity index (χ4v) is 4.42. The summed E-state index contributed by atoms with van der Waals surface area (Å²) in [5.41, 5.74) is 7.21. The van der Waals surface area contributed by atoms with E-state index in [4.69, 9.17) is 5.73 Å². The molecule has 1 aliphatic heterocycles. The first-order chi connectivity index (χ1) is 11.0. The van der Waals surface area contributed by atoms with Crippen LogP contribution in [0.1, 0.15) is 43.3 Å². The number of hydrogen-bond acceptors (Lipinski definition) is 5. The Bertz CT molecular complexity index is 549. The number of aryl methyl sites for hydroxylation is 1. The molecule has 2 N–H and O–H groups in total. The van der Waals surface area contributed by atoms with Gasteiger partial charge in [-0.25, -0.2) is 4.98 Å². The van der Waals surface area contributed by atoms with Gasteiger partial charge in [0.1, 0.15) is 0 Å². The molecule has 23 heavy (non-hydrogen) atoms. The van der Waals surface area contributed by atoms with Gasteiger partial charge >= 0.3 is 0 Å². The van der Waals surface area contributed by atoms with Crippen molar-refractivity contribution >= 4 is 17.2 Å². The van der Waals surface area contributed by atoms with Crippen molar-refractivity contribution < 1.29 is 4.79 Å². The van der Waals surface area contributed by atoms with Gasteiger partial charge in [0.25, 0.3) is 0 Å². The minimum absolute atomic E-state index is 0.00369. The van der Waals surface area contributed by atoms with E-state index in [1.165, 1.54) is 0 Å². The first-order valence-electron chi connectivity index (χ1n) is 8.67. The maximum atomic E-state index is 12.9. The average Bonchev–Trinajstić information content (AvgIpc) is 2.92. The zero-order valence-corrected chi connectivity index (χ0v) is 15.1. The summed E-state index contributed by atoms with van der Waals surface area (Å²) in [7, 11) is 0. The number of hydrogen-bond donors (Lipinski definition) is 1. The third kappa shape index (κ3) is 3.92. The predicted molar refractivity (Wildman–Crippen MR) is 93.3 cm³/mol. The van der Waals surface area contributed by atoms with Crippen LogP contribution in [0.5, 0.6) is 0 Å². The molecule has 128 valence electrons. The van der Waals surface area contributed by atoms with Crippen LogP contribution in [0.4, 0.5) is 0 Å². The first kappa shape index (κ1) is 16.9.